The molecule has 0 rings (SSSR count). The van der Waals surface area contributed by atoms with Gasteiger partial charge in [0.25, 0.3) is 0 Å². The van der Waals surface area contributed by atoms with Gasteiger partial charge in [0, 0.05) is 4.75 Å². The fourth-order valence-corrected chi connectivity index (χ4v) is 0.709. The molecule has 0 fully saturated rings. The fourth-order valence-electron chi connectivity index (χ4n) is 0.236. The number of nitrogens with one attached hydrogen (secondary N) is 1. The van der Waals surface area contributed by atoms with Crippen molar-refractivity contribution in [2.45, 2.75) is 25.5 Å². The second-order valence-corrected chi connectivity index (χ2v) is 4.44. The number of methoxy groups -OCH3 is 1. The van der Waals surface area contributed by atoms with E-state index in [2.05, 4.69) is 9.46 Å². The summed E-state index contributed by atoms with van der Waals surface area (Å²) in [7, 11) is 1.35. The zero-order valence-electron chi connectivity index (χ0n) is 6.72. The van der Waals surface area contributed by atoms with E-state index in [0.29, 0.717) is 0 Å². The molecule has 0 unspecified atom stereocenters. The van der Waals surface area contributed by atoms with Crippen LogP contribution in [0.2, 0.25) is 0 Å². The molecule has 0 aliphatic heterocycles. The molecule has 0 bridgehead atoms. The number of hydrogen-bond acceptors (Lipinski definition) is 3. The van der Waals surface area contributed by atoms with Crippen LogP contribution < -0.4 is 4.72 Å². The maximum atomic E-state index is 10.5. The Labute approximate surface area is 65.6 Å². The molecule has 0 aromatic heterocycles. The third kappa shape index (κ3) is 5.75. The summed E-state index contributed by atoms with van der Waals surface area (Å²) < 4.78 is 6.94. The molecule has 0 saturated carbocycles. The van der Waals surface area contributed by atoms with Crippen LogP contribution in [0.25, 0.3) is 0 Å². The van der Waals surface area contributed by atoms with E-state index in [1.54, 1.807) is 0 Å². The number of carbonyl (C=O) groups is 1. The van der Waals surface area contributed by atoms with E-state index in [1.807, 2.05) is 20.8 Å². The predicted molar refractivity (Wildman–Crippen MR) is 42.9 cm³/mol. The molecular weight excluding hydrogens is 150 g/mol. The first-order chi connectivity index (χ1) is 4.45. The van der Waals surface area contributed by atoms with Crippen molar-refractivity contribution < 1.29 is 9.53 Å². The topological polar surface area (TPSA) is 38.3 Å². The number of hydrogen-bond donors (Lipinski definition) is 1. The molecule has 4 heteroatoms. The van der Waals surface area contributed by atoms with Gasteiger partial charge in [0.2, 0.25) is 0 Å². The van der Waals surface area contributed by atoms with E-state index < -0.39 is 6.09 Å². The van der Waals surface area contributed by atoms with Crippen LogP contribution in [-0.2, 0) is 4.74 Å². The Morgan fingerprint density at radius 2 is 2.00 bits per heavy atom. The van der Waals surface area contributed by atoms with Crippen LogP contribution in [0.3, 0.4) is 0 Å². The summed E-state index contributed by atoms with van der Waals surface area (Å²) in [6.45, 7) is 6.02. The monoisotopic (exact) mass is 163 g/mol. The van der Waals surface area contributed by atoms with Gasteiger partial charge in [0.15, 0.2) is 0 Å². The van der Waals surface area contributed by atoms with E-state index in [1.165, 1.54) is 19.1 Å². The Kier molecular flexibility index (Phi) is 3.57. The first kappa shape index (κ1) is 9.62. The number of carbonyl (C=O) groups excluding carboxylic acids is 1. The summed E-state index contributed by atoms with van der Waals surface area (Å²) in [5.41, 5.74) is 0. The van der Waals surface area contributed by atoms with Crippen LogP contribution in [0.4, 0.5) is 4.79 Å². The average Bonchev–Trinajstić information content (AvgIpc) is 1.81. The highest BCUT2D eigenvalue weighted by Gasteiger charge is 2.12. The maximum absolute atomic E-state index is 10.5. The summed E-state index contributed by atoms with van der Waals surface area (Å²) in [6, 6.07) is 0. The van der Waals surface area contributed by atoms with Gasteiger partial charge >= 0.3 is 6.09 Å². The molecule has 0 heterocycles. The maximum Gasteiger partial charge on any atom is 0.416 e. The molecule has 0 radical (unpaired) electrons. The van der Waals surface area contributed by atoms with Crippen molar-refractivity contribution in [3.63, 3.8) is 0 Å². The van der Waals surface area contributed by atoms with Gasteiger partial charge in [0.1, 0.15) is 0 Å². The molecule has 0 atom stereocenters. The zero-order valence-corrected chi connectivity index (χ0v) is 7.54. The Morgan fingerprint density at radius 3 is 2.30 bits per heavy atom. The lowest BCUT2D eigenvalue weighted by Crippen LogP contribution is -2.22. The van der Waals surface area contributed by atoms with Crippen LogP contribution in [0.15, 0.2) is 0 Å². The molecular formula is C6H13NO2S. The summed E-state index contributed by atoms with van der Waals surface area (Å²) in [5.74, 6) is 0. The lowest BCUT2D eigenvalue weighted by atomic mass is 10.3. The minimum absolute atomic E-state index is 0.0359. The predicted octanol–water partition coefficient (Wildman–Crippen LogP) is 1.79. The highest BCUT2D eigenvalue weighted by Crippen LogP contribution is 2.19. The van der Waals surface area contributed by atoms with Crippen LogP contribution >= 0.6 is 11.9 Å². The Hall–Kier alpha value is -0.380. The van der Waals surface area contributed by atoms with Crippen molar-refractivity contribution in [3.05, 3.63) is 0 Å². The van der Waals surface area contributed by atoms with Gasteiger partial charge in [-0.25, -0.2) is 4.79 Å². The van der Waals surface area contributed by atoms with Gasteiger partial charge in [-0.15, -0.1) is 0 Å². The van der Waals surface area contributed by atoms with E-state index >= 15 is 0 Å². The van der Waals surface area contributed by atoms with Gasteiger partial charge in [-0.2, -0.15) is 0 Å². The van der Waals surface area contributed by atoms with Crippen molar-refractivity contribution in [1.29, 1.82) is 0 Å². The van der Waals surface area contributed by atoms with Crippen molar-refractivity contribution in [2.75, 3.05) is 7.11 Å². The molecule has 0 aliphatic rings. The van der Waals surface area contributed by atoms with Gasteiger partial charge in [-0.3, -0.25) is 4.72 Å². The standard InChI is InChI=1S/C6H13NO2S/c1-6(2,3)10-7-5(8)9-4/h1-4H3,(H,7,8). The molecule has 0 spiro atoms. The lowest BCUT2D eigenvalue weighted by molar-refractivity contribution is 0.178. The molecule has 0 aromatic carbocycles. The summed E-state index contributed by atoms with van der Waals surface area (Å²) in [4.78, 5) is 10.5. The number of rotatable bonds is 1. The molecule has 3 nitrogen and oxygen atoms in total. The van der Waals surface area contributed by atoms with Gasteiger partial charge < -0.3 is 4.74 Å². The normalized spacial score (nSPS) is 10.8. The van der Waals surface area contributed by atoms with Crippen LogP contribution in [-0.4, -0.2) is 18.0 Å². The highest BCUT2D eigenvalue weighted by molar-refractivity contribution is 7.99. The van der Waals surface area contributed by atoms with Gasteiger partial charge in [-0.1, -0.05) is 0 Å². The van der Waals surface area contributed by atoms with E-state index in [0.717, 1.165) is 0 Å². The first-order valence-electron chi connectivity index (χ1n) is 2.97. The molecule has 0 aromatic rings. The van der Waals surface area contributed by atoms with Crippen molar-refractivity contribution in [1.82, 2.24) is 4.72 Å². The molecule has 60 valence electrons. The lowest BCUT2D eigenvalue weighted by Gasteiger charge is -2.16. The van der Waals surface area contributed by atoms with Crippen LogP contribution in [0, 0.1) is 0 Å². The van der Waals surface area contributed by atoms with Gasteiger partial charge in [-0.05, 0) is 32.7 Å². The fraction of sp³-hybridized carbons (Fsp3) is 0.833. The van der Waals surface area contributed by atoms with Crippen molar-refractivity contribution in [3.8, 4) is 0 Å². The second-order valence-electron chi connectivity index (χ2n) is 2.81. The minimum atomic E-state index is -0.403. The van der Waals surface area contributed by atoms with E-state index in [4.69, 9.17) is 0 Å². The third-order valence-electron chi connectivity index (χ3n) is 0.626. The van der Waals surface area contributed by atoms with Crippen molar-refractivity contribution >= 4 is 18.0 Å². The largest absolute Gasteiger partial charge is 0.452 e. The summed E-state index contributed by atoms with van der Waals surface area (Å²) in [6.07, 6.45) is -0.403. The SMILES string of the molecule is COC(=O)NSC(C)(C)C. The average molecular weight is 163 g/mol. The first-order valence-corrected chi connectivity index (χ1v) is 3.79. The third-order valence-corrected chi connectivity index (χ3v) is 1.51. The zero-order chi connectivity index (χ0) is 8.20. The quantitative estimate of drug-likeness (QED) is 0.599. The van der Waals surface area contributed by atoms with Crippen molar-refractivity contribution in [2.24, 2.45) is 0 Å². The Bertz CT molecular complexity index is 119. The Balaban J connectivity index is 3.46. The van der Waals surface area contributed by atoms with Crippen LogP contribution in [0.1, 0.15) is 20.8 Å². The van der Waals surface area contributed by atoms with Crippen LogP contribution in [0.5, 0.6) is 0 Å². The number of amides is 1. The molecule has 1 amide bonds. The van der Waals surface area contributed by atoms with Gasteiger partial charge in [0.05, 0.1) is 7.11 Å². The second kappa shape index (κ2) is 3.71. The Morgan fingerprint density at radius 1 is 1.50 bits per heavy atom. The van der Waals surface area contributed by atoms with E-state index in [-0.39, 0.29) is 4.75 Å². The molecule has 0 saturated heterocycles. The molecule has 10 heavy (non-hydrogen) atoms. The summed E-state index contributed by atoms with van der Waals surface area (Å²) in [5, 5.41) is 0. The summed E-state index contributed by atoms with van der Waals surface area (Å²) >= 11 is 1.34. The smallest absolute Gasteiger partial charge is 0.416 e. The molecule has 0 aliphatic carbocycles. The number of ether oxygens (including phenoxy) is 1. The van der Waals surface area contributed by atoms with E-state index in [9.17, 15) is 4.79 Å². The highest BCUT2D eigenvalue weighted by atomic mass is 32.2. The molecule has 1 N–H and O–H groups in total. The minimum Gasteiger partial charge on any atom is -0.452 e.